The van der Waals surface area contributed by atoms with Crippen LogP contribution in [0.1, 0.15) is 59.1 Å². The Balaban J connectivity index is 2.61. The Bertz CT molecular complexity index is 622. The van der Waals surface area contributed by atoms with Crippen LogP contribution >= 0.6 is 0 Å². The number of benzene rings is 1. The van der Waals surface area contributed by atoms with E-state index in [2.05, 4.69) is 78.7 Å². The lowest BCUT2D eigenvalue weighted by Crippen LogP contribution is -2.16. The summed E-state index contributed by atoms with van der Waals surface area (Å²) in [5.41, 5.74) is 10.3. The second-order valence-corrected chi connectivity index (χ2v) is 7.56. The number of nitrogens with zero attached hydrogens (tertiary/aromatic N) is 1. The molecule has 0 fully saturated rings. The van der Waals surface area contributed by atoms with Crippen LogP contribution < -0.4 is 4.90 Å². The van der Waals surface area contributed by atoms with Crippen molar-refractivity contribution < 1.29 is 0 Å². The molecule has 1 aromatic rings. The molecular weight excluding hydrogens is 254 g/mol. The third-order valence-corrected chi connectivity index (χ3v) is 4.75. The predicted octanol–water partition coefficient (Wildman–Crippen LogP) is 5.56. The van der Waals surface area contributed by atoms with E-state index in [9.17, 15) is 0 Å². The molecule has 1 aliphatic carbocycles. The first-order valence-corrected chi connectivity index (χ1v) is 7.81. The van der Waals surface area contributed by atoms with E-state index in [1.165, 1.54) is 39.1 Å². The van der Waals surface area contributed by atoms with Crippen molar-refractivity contribution in [2.24, 2.45) is 0 Å². The van der Waals surface area contributed by atoms with E-state index in [4.69, 9.17) is 0 Å². The van der Waals surface area contributed by atoms with Crippen molar-refractivity contribution in [3.8, 4) is 0 Å². The fourth-order valence-electron chi connectivity index (χ4n) is 3.07. The van der Waals surface area contributed by atoms with Crippen LogP contribution in [0.4, 0.5) is 5.69 Å². The normalized spacial score (nSPS) is 16.0. The molecular formula is C20H29N. The second kappa shape index (κ2) is 5.36. The average molecular weight is 283 g/mol. The molecule has 0 aromatic heterocycles. The molecule has 1 heteroatoms. The van der Waals surface area contributed by atoms with Crippen LogP contribution in [0.25, 0.3) is 5.57 Å². The second-order valence-electron chi connectivity index (χ2n) is 7.56. The van der Waals surface area contributed by atoms with Crippen molar-refractivity contribution in [1.82, 2.24) is 0 Å². The zero-order valence-corrected chi connectivity index (χ0v) is 14.9. The van der Waals surface area contributed by atoms with E-state index < -0.39 is 0 Å². The summed E-state index contributed by atoms with van der Waals surface area (Å²) in [5.74, 6) is 0. The molecule has 0 saturated carbocycles. The van der Waals surface area contributed by atoms with Gasteiger partial charge in [0.25, 0.3) is 0 Å². The highest BCUT2D eigenvalue weighted by molar-refractivity contribution is 5.80. The molecule has 21 heavy (non-hydrogen) atoms. The Kier molecular flexibility index (Phi) is 4.06. The van der Waals surface area contributed by atoms with Gasteiger partial charge >= 0.3 is 0 Å². The van der Waals surface area contributed by atoms with Gasteiger partial charge in [-0.1, -0.05) is 32.4 Å². The predicted molar refractivity (Wildman–Crippen MR) is 95.1 cm³/mol. The van der Waals surface area contributed by atoms with E-state index in [1.807, 2.05) is 0 Å². The molecule has 114 valence electrons. The number of hydrogen-bond acceptors (Lipinski definition) is 1. The first kappa shape index (κ1) is 15.9. The van der Waals surface area contributed by atoms with Gasteiger partial charge in [0.15, 0.2) is 0 Å². The van der Waals surface area contributed by atoms with Gasteiger partial charge in [0.2, 0.25) is 0 Å². The Hall–Kier alpha value is -1.50. The monoisotopic (exact) mass is 283 g/mol. The van der Waals surface area contributed by atoms with E-state index in [0.717, 1.165) is 6.42 Å². The van der Waals surface area contributed by atoms with Crippen LogP contribution in [-0.2, 0) is 5.41 Å². The minimum Gasteiger partial charge on any atom is -0.378 e. The lowest BCUT2D eigenvalue weighted by Gasteiger charge is -2.26. The van der Waals surface area contributed by atoms with Crippen LogP contribution in [0, 0.1) is 0 Å². The Morgan fingerprint density at radius 3 is 2.00 bits per heavy atom. The summed E-state index contributed by atoms with van der Waals surface area (Å²) >= 11 is 0. The van der Waals surface area contributed by atoms with Crippen molar-refractivity contribution in [3.05, 3.63) is 46.0 Å². The molecule has 0 N–H and O–H groups in total. The van der Waals surface area contributed by atoms with Gasteiger partial charge in [-0.25, -0.2) is 0 Å². The highest BCUT2D eigenvalue weighted by atomic mass is 15.1. The lowest BCUT2D eigenvalue weighted by atomic mass is 9.80. The summed E-state index contributed by atoms with van der Waals surface area (Å²) in [6.07, 6.45) is 1.10. The number of allylic oxidation sites excluding steroid dienone is 4. The summed E-state index contributed by atoms with van der Waals surface area (Å²) in [7, 11) is 4.22. The molecule has 2 rings (SSSR count). The SMILES string of the molecule is CC1=C(C)C(C)=C(c2ccc(N(C)C)cc2C(C)(C)C)C1. The smallest absolute Gasteiger partial charge is 0.0364 e. The van der Waals surface area contributed by atoms with E-state index in [-0.39, 0.29) is 5.41 Å². The highest BCUT2D eigenvalue weighted by Gasteiger charge is 2.24. The van der Waals surface area contributed by atoms with Gasteiger partial charge in [-0.3, -0.25) is 0 Å². The average Bonchev–Trinajstić information content (AvgIpc) is 2.64. The summed E-state index contributed by atoms with van der Waals surface area (Å²) < 4.78 is 0. The zero-order chi connectivity index (χ0) is 15.9. The largest absolute Gasteiger partial charge is 0.378 e. The molecule has 1 aromatic carbocycles. The van der Waals surface area contributed by atoms with Crippen molar-refractivity contribution in [3.63, 3.8) is 0 Å². The molecule has 0 unspecified atom stereocenters. The van der Waals surface area contributed by atoms with Gasteiger partial charge in [-0.15, -0.1) is 0 Å². The minimum absolute atomic E-state index is 0.152. The third kappa shape index (κ3) is 2.92. The van der Waals surface area contributed by atoms with E-state index in [1.54, 1.807) is 0 Å². The standard InChI is InChI=1S/C20H29N/c1-13-11-18(15(3)14(13)2)17-10-9-16(21(7)8)12-19(17)20(4,5)6/h9-10,12H,11H2,1-8H3. The summed E-state index contributed by atoms with van der Waals surface area (Å²) in [6, 6.07) is 6.92. The Morgan fingerprint density at radius 2 is 1.57 bits per heavy atom. The van der Waals surface area contributed by atoms with Crippen molar-refractivity contribution in [2.45, 2.75) is 53.4 Å². The molecule has 0 spiro atoms. The number of anilines is 1. The maximum absolute atomic E-state index is 2.36. The molecule has 0 radical (unpaired) electrons. The summed E-state index contributed by atoms with van der Waals surface area (Å²) in [5, 5.41) is 0. The van der Waals surface area contributed by atoms with Crippen molar-refractivity contribution in [1.29, 1.82) is 0 Å². The van der Waals surface area contributed by atoms with Crippen LogP contribution in [0.2, 0.25) is 0 Å². The highest BCUT2D eigenvalue weighted by Crippen LogP contribution is 2.42. The Morgan fingerprint density at radius 1 is 0.952 bits per heavy atom. The first-order chi connectivity index (χ1) is 9.62. The quantitative estimate of drug-likeness (QED) is 0.686. The lowest BCUT2D eigenvalue weighted by molar-refractivity contribution is 0.588. The van der Waals surface area contributed by atoms with Gasteiger partial charge in [0.05, 0.1) is 0 Å². The van der Waals surface area contributed by atoms with Crippen LogP contribution in [0.5, 0.6) is 0 Å². The molecule has 0 bridgehead atoms. The van der Waals surface area contributed by atoms with Gasteiger partial charge in [0.1, 0.15) is 0 Å². The molecule has 0 amide bonds. The first-order valence-electron chi connectivity index (χ1n) is 7.81. The van der Waals surface area contributed by atoms with Gasteiger partial charge in [0, 0.05) is 19.8 Å². The van der Waals surface area contributed by atoms with Gasteiger partial charge < -0.3 is 4.90 Å². The van der Waals surface area contributed by atoms with Crippen molar-refractivity contribution in [2.75, 3.05) is 19.0 Å². The zero-order valence-electron chi connectivity index (χ0n) is 14.9. The van der Waals surface area contributed by atoms with Crippen molar-refractivity contribution >= 4 is 11.3 Å². The number of rotatable bonds is 2. The van der Waals surface area contributed by atoms with Crippen LogP contribution in [-0.4, -0.2) is 14.1 Å². The molecule has 1 nitrogen and oxygen atoms in total. The summed E-state index contributed by atoms with van der Waals surface area (Å²) in [4.78, 5) is 2.18. The molecule has 0 atom stereocenters. The van der Waals surface area contributed by atoms with Gasteiger partial charge in [-0.05, 0) is 72.6 Å². The molecule has 0 saturated heterocycles. The minimum atomic E-state index is 0.152. The van der Waals surface area contributed by atoms with Gasteiger partial charge in [-0.2, -0.15) is 0 Å². The maximum Gasteiger partial charge on any atom is 0.0364 e. The van der Waals surface area contributed by atoms with E-state index >= 15 is 0 Å². The van der Waals surface area contributed by atoms with E-state index in [0.29, 0.717) is 0 Å². The van der Waals surface area contributed by atoms with Crippen LogP contribution in [0.3, 0.4) is 0 Å². The Labute approximate surface area is 130 Å². The number of hydrogen-bond donors (Lipinski definition) is 0. The molecule has 0 heterocycles. The maximum atomic E-state index is 2.36. The topological polar surface area (TPSA) is 3.24 Å². The van der Waals surface area contributed by atoms with Crippen LogP contribution in [0.15, 0.2) is 34.9 Å². The molecule has 0 aliphatic heterocycles. The third-order valence-electron chi connectivity index (χ3n) is 4.75. The summed E-state index contributed by atoms with van der Waals surface area (Å²) in [6.45, 7) is 13.7. The molecule has 1 aliphatic rings. The fourth-order valence-corrected chi connectivity index (χ4v) is 3.07. The fraction of sp³-hybridized carbons (Fsp3) is 0.500.